The molecule has 18 heavy (non-hydrogen) atoms. The van der Waals surface area contributed by atoms with Crippen molar-refractivity contribution in [2.24, 2.45) is 0 Å². The molecular formula is C11H16BrNO4S. The maximum Gasteiger partial charge on any atom is 0.244 e. The molecule has 0 saturated heterocycles. The van der Waals surface area contributed by atoms with Gasteiger partial charge >= 0.3 is 0 Å². The molecule has 1 N–H and O–H groups in total. The second-order valence-corrected chi connectivity index (χ2v) is 6.04. The summed E-state index contributed by atoms with van der Waals surface area (Å²) in [6.07, 6.45) is 0. The molecule has 0 spiro atoms. The lowest BCUT2D eigenvalue weighted by atomic mass is 10.3. The van der Waals surface area contributed by atoms with Crippen LogP contribution >= 0.6 is 15.9 Å². The number of hydrogen-bond donors (Lipinski definition) is 1. The van der Waals surface area contributed by atoms with E-state index < -0.39 is 10.0 Å². The number of benzene rings is 1. The minimum atomic E-state index is -3.59. The molecule has 1 aromatic rings. The quantitative estimate of drug-likeness (QED) is 0.770. The van der Waals surface area contributed by atoms with Gasteiger partial charge in [-0.05, 0) is 25.1 Å². The number of sulfonamides is 1. The summed E-state index contributed by atoms with van der Waals surface area (Å²) in [5.41, 5.74) is 0. The Hall–Kier alpha value is -0.630. The molecule has 0 aromatic heterocycles. The molecule has 0 aliphatic carbocycles. The van der Waals surface area contributed by atoms with Crippen molar-refractivity contribution in [1.82, 2.24) is 4.72 Å². The van der Waals surface area contributed by atoms with Crippen molar-refractivity contribution in [2.75, 3.05) is 26.9 Å². The van der Waals surface area contributed by atoms with E-state index in [0.717, 1.165) is 0 Å². The molecule has 0 unspecified atom stereocenters. The van der Waals surface area contributed by atoms with E-state index in [0.29, 0.717) is 23.4 Å². The second-order valence-electron chi connectivity index (χ2n) is 3.39. The maximum atomic E-state index is 12.1. The molecule has 0 bridgehead atoms. The Bertz CT molecular complexity index is 490. The van der Waals surface area contributed by atoms with Crippen LogP contribution in [0.5, 0.6) is 5.75 Å². The van der Waals surface area contributed by atoms with Crippen LogP contribution in [-0.4, -0.2) is 35.3 Å². The van der Waals surface area contributed by atoms with Crippen molar-refractivity contribution in [3.05, 3.63) is 22.7 Å². The van der Waals surface area contributed by atoms with Crippen molar-refractivity contribution in [3.8, 4) is 5.75 Å². The van der Waals surface area contributed by atoms with Gasteiger partial charge in [0.1, 0.15) is 10.6 Å². The molecule has 5 nitrogen and oxygen atoms in total. The Morgan fingerprint density at radius 2 is 2.11 bits per heavy atom. The summed E-state index contributed by atoms with van der Waals surface area (Å²) in [4.78, 5) is 0.107. The highest BCUT2D eigenvalue weighted by atomic mass is 79.9. The predicted octanol–water partition coefficient (Wildman–Crippen LogP) is 1.77. The first-order chi connectivity index (χ1) is 8.51. The number of methoxy groups -OCH3 is 1. The van der Waals surface area contributed by atoms with Gasteiger partial charge in [-0.1, -0.05) is 15.9 Å². The zero-order valence-corrected chi connectivity index (χ0v) is 12.7. The summed E-state index contributed by atoms with van der Waals surface area (Å²) >= 11 is 3.24. The first-order valence-corrected chi connectivity index (χ1v) is 7.70. The predicted molar refractivity (Wildman–Crippen MR) is 72.4 cm³/mol. The molecule has 0 fully saturated rings. The number of rotatable bonds is 7. The van der Waals surface area contributed by atoms with E-state index >= 15 is 0 Å². The Balaban J connectivity index is 2.87. The van der Waals surface area contributed by atoms with Gasteiger partial charge in [0.05, 0.1) is 13.7 Å². The molecular weight excluding hydrogens is 322 g/mol. The third-order valence-electron chi connectivity index (χ3n) is 2.16. The SMILES string of the molecule is CCOCCNS(=O)(=O)c1cc(Br)ccc1OC. The molecule has 0 aliphatic rings. The van der Waals surface area contributed by atoms with E-state index in [1.165, 1.54) is 13.2 Å². The van der Waals surface area contributed by atoms with Crippen molar-refractivity contribution >= 4 is 26.0 Å². The monoisotopic (exact) mass is 337 g/mol. The van der Waals surface area contributed by atoms with Crippen molar-refractivity contribution < 1.29 is 17.9 Å². The van der Waals surface area contributed by atoms with E-state index in [4.69, 9.17) is 9.47 Å². The second kappa shape index (κ2) is 7.08. The molecule has 1 aromatic carbocycles. The molecule has 0 atom stereocenters. The van der Waals surface area contributed by atoms with Crippen molar-refractivity contribution in [3.63, 3.8) is 0 Å². The van der Waals surface area contributed by atoms with Gasteiger partial charge in [-0.3, -0.25) is 0 Å². The Kier molecular flexibility index (Phi) is 6.07. The minimum absolute atomic E-state index is 0.107. The van der Waals surface area contributed by atoms with Crippen LogP contribution in [-0.2, 0) is 14.8 Å². The van der Waals surface area contributed by atoms with Crippen LogP contribution in [0.25, 0.3) is 0 Å². The third kappa shape index (κ3) is 4.24. The molecule has 7 heteroatoms. The number of hydrogen-bond acceptors (Lipinski definition) is 4. The molecule has 0 radical (unpaired) electrons. The van der Waals surface area contributed by atoms with Gasteiger partial charge in [-0.2, -0.15) is 0 Å². The van der Waals surface area contributed by atoms with E-state index in [2.05, 4.69) is 20.7 Å². The minimum Gasteiger partial charge on any atom is -0.495 e. The molecule has 0 aliphatic heterocycles. The molecule has 1 rings (SSSR count). The van der Waals surface area contributed by atoms with E-state index in [-0.39, 0.29) is 11.4 Å². The first-order valence-electron chi connectivity index (χ1n) is 5.42. The van der Waals surface area contributed by atoms with Gasteiger partial charge in [0, 0.05) is 17.6 Å². The smallest absolute Gasteiger partial charge is 0.244 e. The van der Waals surface area contributed by atoms with Gasteiger partial charge < -0.3 is 9.47 Å². The number of halogens is 1. The zero-order valence-electron chi connectivity index (χ0n) is 10.3. The molecule has 0 heterocycles. The summed E-state index contributed by atoms with van der Waals surface area (Å²) in [5, 5.41) is 0. The lowest BCUT2D eigenvalue weighted by molar-refractivity contribution is 0.153. The Morgan fingerprint density at radius 3 is 2.72 bits per heavy atom. The molecule has 102 valence electrons. The highest BCUT2D eigenvalue weighted by Gasteiger charge is 2.19. The van der Waals surface area contributed by atoms with Crippen LogP contribution in [0.15, 0.2) is 27.6 Å². The summed E-state index contributed by atoms with van der Waals surface area (Å²) < 4.78 is 37.4. The standard InChI is InChI=1S/C11H16BrNO4S/c1-3-17-7-6-13-18(14,15)11-8-9(12)4-5-10(11)16-2/h4-5,8,13H,3,6-7H2,1-2H3. The van der Waals surface area contributed by atoms with Crippen LogP contribution in [0.4, 0.5) is 0 Å². The Labute approximate surface area is 116 Å². The fourth-order valence-electron chi connectivity index (χ4n) is 1.33. The molecule has 0 amide bonds. The fraction of sp³-hybridized carbons (Fsp3) is 0.455. The first kappa shape index (κ1) is 15.4. The topological polar surface area (TPSA) is 64.6 Å². The van der Waals surface area contributed by atoms with Crippen molar-refractivity contribution in [1.29, 1.82) is 0 Å². The average molecular weight is 338 g/mol. The lowest BCUT2D eigenvalue weighted by Gasteiger charge is -2.11. The van der Waals surface area contributed by atoms with Crippen LogP contribution < -0.4 is 9.46 Å². The average Bonchev–Trinajstić information content (AvgIpc) is 2.35. The number of nitrogens with one attached hydrogen (secondary N) is 1. The van der Waals surface area contributed by atoms with Crippen LogP contribution in [0.1, 0.15) is 6.92 Å². The largest absolute Gasteiger partial charge is 0.495 e. The van der Waals surface area contributed by atoms with Gasteiger partial charge in [-0.25, -0.2) is 13.1 Å². The summed E-state index contributed by atoms with van der Waals surface area (Å²) in [6, 6.07) is 4.82. The Morgan fingerprint density at radius 1 is 1.39 bits per heavy atom. The van der Waals surface area contributed by atoms with Crippen molar-refractivity contribution in [2.45, 2.75) is 11.8 Å². The van der Waals surface area contributed by atoms with E-state index in [1.807, 2.05) is 6.92 Å². The maximum absolute atomic E-state index is 12.1. The lowest BCUT2D eigenvalue weighted by Crippen LogP contribution is -2.27. The van der Waals surface area contributed by atoms with E-state index in [9.17, 15) is 8.42 Å². The summed E-state index contributed by atoms with van der Waals surface area (Å²) in [6.45, 7) is 2.98. The third-order valence-corrected chi connectivity index (χ3v) is 4.13. The highest BCUT2D eigenvalue weighted by Crippen LogP contribution is 2.26. The van der Waals surface area contributed by atoms with Gasteiger partial charge in [0.2, 0.25) is 10.0 Å². The van der Waals surface area contributed by atoms with Crippen LogP contribution in [0.2, 0.25) is 0 Å². The zero-order chi connectivity index (χ0) is 13.6. The van der Waals surface area contributed by atoms with Gasteiger partial charge in [0.25, 0.3) is 0 Å². The summed E-state index contributed by atoms with van der Waals surface area (Å²) in [7, 11) is -2.16. The fourth-order valence-corrected chi connectivity index (χ4v) is 3.05. The van der Waals surface area contributed by atoms with Gasteiger partial charge in [0.15, 0.2) is 0 Å². The highest BCUT2D eigenvalue weighted by molar-refractivity contribution is 9.10. The van der Waals surface area contributed by atoms with E-state index in [1.54, 1.807) is 12.1 Å². The van der Waals surface area contributed by atoms with Crippen LogP contribution in [0.3, 0.4) is 0 Å². The summed E-state index contributed by atoms with van der Waals surface area (Å²) in [5.74, 6) is 0.308. The molecule has 0 saturated carbocycles. The van der Waals surface area contributed by atoms with Crippen LogP contribution in [0, 0.1) is 0 Å². The van der Waals surface area contributed by atoms with Gasteiger partial charge in [-0.15, -0.1) is 0 Å². The normalized spacial score (nSPS) is 11.5. The number of ether oxygens (including phenoxy) is 2.